The van der Waals surface area contributed by atoms with Crippen molar-refractivity contribution in [2.45, 2.75) is 13.5 Å². The highest BCUT2D eigenvalue weighted by Crippen LogP contribution is 2.29. The predicted molar refractivity (Wildman–Crippen MR) is 87.3 cm³/mol. The first kappa shape index (κ1) is 15.1. The second-order valence-electron chi connectivity index (χ2n) is 4.21. The minimum absolute atomic E-state index is 0.462. The van der Waals surface area contributed by atoms with Crippen molar-refractivity contribution in [1.82, 2.24) is 9.78 Å². The SMILES string of the molecule is CCn1ccc(NC(=S)Nc2ccc(OC)c(OC)c2)n1. The minimum Gasteiger partial charge on any atom is -0.493 e. The van der Waals surface area contributed by atoms with Crippen LogP contribution >= 0.6 is 12.2 Å². The number of benzene rings is 1. The summed E-state index contributed by atoms with van der Waals surface area (Å²) in [6, 6.07) is 7.36. The van der Waals surface area contributed by atoms with E-state index in [-0.39, 0.29) is 0 Å². The number of methoxy groups -OCH3 is 2. The van der Waals surface area contributed by atoms with E-state index in [4.69, 9.17) is 21.7 Å². The van der Waals surface area contributed by atoms with Crippen LogP contribution in [0.4, 0.5) is 11.5 Å². The third-order valence-electron chi connectivity index (χ3n) is 2.85. The smallest absolute Gasteiger partial charge is 0.176 e. The molecule has 6 nitrogen and oxygen atoms in total. The Morgan fingerprint density at radius 2 is 1.95 bits per heavy atom. The molecule has 112 valence electrons. The highest BCUT2D eigenvalue weighted by Gasteiger charge is 2.06. The van der Waals surface area contributed by atoms with Crippen molar-refractivity contribution in [3.8, 4) is 11.5 Å². The second kappa shape index (κ2) is 6.94. The van der Waals surface area contributed by atoms with Crippen LogP contribution in [0.2, 0.25) is 0 Å². The van der Waals surface area contributed by atoms with Crippen LogP contribution in [-0.2, 0) is 6.54 Å². The molecule has 7 heteroatoms. The summed E-state index contributed by atoms with van der Waals surface area (Å²) in [5.74, 6) is 2.01. The average Bonchev–Trinajstić information content (AvgIpc) is 2.94. The first-order valence-electron chi connectivity index (χ1n) is 6.49. The highest BCUT2D eigenvalue weighted by molar-refractivity contribution is 7.80. The first-order valence-corrected chi connectivity index (χ1v) is 6.90. The number of nitrogens with zero attached hydrogens (tertiary/aromatic N) is 2. The van der Waals surface area contributed by atoms with E-state index in [1.54, 1.807) is 14.2 Å². The summed E-state index contributed by atoms with van der Waals surface area (Å²) in [6.07, 6.45) is 1.89. The van der Waals surface area contributed by atoms with E-state index in [0.717, 1.165) is 12.2 Å². The standard InChI is InChI=1S/C14H18N4O2S/c1-4-18-8-7-13(17-18)16-14(21)15-10-5-6-11(19-2)12(9-10)20-3/h5-9H,4H2,1-3H3,(H2,15,16,17,21). The summed E-state index contributed by atoms with van der Waals surface area (Å²) >= 11 is 5.26. The molecule has 0 unspecified atom stereocenters. The van der Waals surface area contributed by atoms with Gasteiger partial charge >= 0.3 is 0 Å². The van der Waals surface area contributed by atoms with Crippen molar-refractivity contribution in [1.29, 1.82) is 0 Å². The zero-order valence-electron chi connectivity index (χ0n) is 12.2. The Bertz CT molecular complexity index is 627. The summed E-state index contributed by atoms with van der Waals surface area (Å²) in [4.78, 5) is 0. The molecule has 1 aromatic heterocycles. The third kappa shape index (κ3) is 3.85. The second-order valence-corrected chi connectivity index (χ2v) is 4.61. The maximum absolute atomic E-state index is 5.26. The van der Waals surface area contributed by atoms with E-state index < -0.39 is 0 Å². The van der Waals surface area contributed by atoms with Gasteiger partial charge in [0.15, 0.2) is 22.4 Å². The molecule has 0 saturated heterocycles. The number of nitrogens with one attached hydrogen (secondary N) is 2. The Labute approximate surface area is 129 Å². The Balaban J connectivity index is 2.02. The van der Waals surface area contributed by atoms with E-state index in [1.165, 1.54) is 0 Å². The van der Waals surface area contributed by atoms with E-state index in [1.807, 2.05) is 42.1 Å². The van der Waals surface area contributed by atoms with E-state index in [0.29, 0.717) is 22.4 Å². The lowest BCUT2D eigenvalue weighted by molar-refractivity contribution is 0.355. The zero-order chi connectivity index (χ0) is 15.2. The Morgan fingerprint density at radius 3 is 2.57 bits per heavy atom. The average molecular weight is 306 g/mol. The Hall–Kier alpha value is -2.28. The van der Waals surface area contributed by atoms with Gasteiger partial charge in [-0.1, -0.05) is 0 Å². The van der Waals surface area contributed by atoms with Crippen LogP contribution in [0.15, 0.2) is 30.5 Å². The summed E-state index contributed by atoms with van der Waals surface area (Å²) < 4.78 is 12.3. The topological polar surface area (TPSA) is 60.3 Å². The van der Waals surface area contributed by atoms with Crippen LogP contribution in [0.1, 0.15) is 6.92 Å². The van der Waals surface area contributed by atoms with Gasteiger partial charge in [0.2, 0.25) is 0 Å². The van der Waals surface area contributed by atoms with E-state index >= 15 is 0 Å². The number of thiocarbonyl (C=S) groups is 1. The van der Waals surface area contributed by atoms with Gasteiger partial charge in [0.25, 0.3) is 0 Å². The number of ether oxygens (including phenoxy) is 2. The molecule has 0 atom stereocenters. The van der Waals surface area contributed by atoms with Crippen LogP contribution in [0, 0.1) is 0 Å². The lowest BCUT2D eigenvalue weighted by Crippen LogP contribution is -2.19. The quantitative estimate of drug-likeness (QED) is 0.828. The van der Waals surface area contributed by atoms with Crippen molar-refractivity contribution < 1.29 is 9.47 Å². The summed E-state index contributed by atoms with van der Waals surface area (Å²) in [5, 5.41) is 10.9. The molecule has 2 N–H and O–H groups in total. The number of rotatable bonds is 5. The highest BCUT2D eigenvalue weighted by atomic mass is 32.1. The van der Waals surface area contributed by atoms with Gasteiger partial charge in [-0.2, -0.15) is 5.10 Å². The maximum atomic E-state index is 5.26. The molecule has 0 radical (unpaired) electrons. The molecule has 1 heterocycles. The van der Waals surface area contributed by atoms with Gasteiger partial charge < -0.3 is 20.1 Å². The molecule has 0 saturated carbocycles. The fourth-order valence-corrected chi connectivity index (χ4v) is 2.02. The molecule has 0 aliphatic carbocycles. The van der Waals surface area contributed by atoms with Crippen LogP contribution in [0.5, 0.6) is 11.5 Å². The molecule has 0 bridgehead atoms. The number of aromatic nitrogens is 2. The van der Waals surface area contributed by atoms with Gasteiger partial charge in [-0.3, -0.25) is 4.68 Å². The van der Waals surface area contributed by atoms with Crippen molar-refractivity contribution in [2.75, 3.05) is 24.9 Å². The van der Waals surface area contributed by atoms with Crippen molar-refractivity contribution in [3.05, 3.63) is 30.5 Å². The zero-order valence-corrected chi connectivity index (χ0v) is 13.0. The first-order chi connectivity index (χ1) is 10.2. The lowest BCUT2D eigenvalue weighted by Gasteiger charge is -2.12. The molecule has 0 aliphatic heterocycles. The van der Waals surface area contributed by atoms with Crippen molar-refractivity contribution in [2.24, 2.45) is 0 Å². The summed E-state index contributed by atoms with van der Waals surface area (Å²) in [7, 11) is 3.19. The maximum Gasteiger partial charge on any atom is 0.176 e. The van der Waals surface area contributed by atoms with Gasteiger partial charge in [-0.15, -0.1) is 0 Å². The molecule has 21 heavy (non-hydrogen) atoms. The van der Waals surface area contributed by atoms with Gasteiger partial charge in [0.1, 0.15) is 0 Å². The number of aryl methyl sites for hydroxylation is 1. The molecule has 0 spiro atoms. The Kier molecular flexibility index (Phi) is 4.99. The van der Waals surface area contributed by atoms with Crippen molar-refractivity contribution in [3.63, 3.8) is 0 Å². The molecule has 2 aromatic rings. The Morgan fingerprint density at radius 1 is 1.19 bits per heavy atom. The normalized spacial score (nSPS) is 10.0. The third-order valence-corrected chi connectivity index (χ3v) is 3.05. The largest absolute Gasteiger partial charge is 0.493 e. The molecule has 0 fully saturated rings. The van der Waals surface area contributed by atoms with Crippen LogP contribution in [-0.4, -0.2) is 29.1 Å². The van der Waals surface area contributed by atoms with E-state index in [2.05, 4.69) is 15.7 Å². The molecular formula is C14H18N4O2S. The van der Waals surface area contributed by atoms with Crippen LogP contribution < -0.4 is 20.1 Å². The van der Waals surface area contributed by atoms with Gasteiger partial charge in [0, 0.05) is 30.6 Å². The van der Waals surface area contributed by atoms with Crippen LogP contribution in [0.3, 0.4) is 0 Å². The number of anilines is 2. The monoisotopic (exact) mass is 306 g/mol. The molecule has 0 amide bonds. The minimum atomic E-state index is 0.462. The predicted octanol–water partition coefficient (Wildman–Crippen LogP) is 2.73. The molecule has 2 rings (SSSR count). The summed E-state index contributed by atoms with van der Waals surface area (Å²) in [5.41, 5.74) is 0.806. The van der Waals surface area contributed by atoms with Gasteiger partial charge in [-0.05, 0) is 31.3 Å². The fourth-order valence-electron chi connectivity index (χ4n) is 1.80. The van der Waals surface area contributed by atoms with Crippen LogP contribution in [0.25, 0.3) is 0 Å². The van der Waals surface area contributed by atoms with Crippen molar-refractivity contribution >= 4 is 28.8 Å². The summed E-state index contributed by atoms with van der Waals surface area (Å²) in [6.45, 7) is 2.84. The van der Waals surface area contributed by atoms with Gasteiger partial charge in [0.05, 0.1) is 14.2 Å². The fraction of sp³-hybridized carbons (Fsp3) is 0.286. The molecule has 0 aliphatic rings. The van der Waals surface area contributed by atoms with E-state index in [9.17, 15) is 0 Å². The lowest BCUT2D eigenvalue weighted by atomic mass is 10.3. The number of hydrogen-bond acceptors (Lipinski definition) is 4. The number of hydrogen-bond donors (Lipinski definition) is 2. The molecular weight excluding hydrogens is 288 g/mol. The van der Waals surface area contributed by atoms with Gasteiger partial charge in [-0.25, -0.2) is 0 Å². The molecule has 1 aromatic carbocycles.